The number of hydrogen-bond acceptors (Lipinski definition) is 10. The number of hydrogen-bond donors (Lipinski definition) is 5. The Morgan fingerprint density at radius 1 is 1.08 bits per heavy atom. The molecule has 2 rings (SSSR count). The number of phosphoric acid groups is 3. The van der Waals surface area contributed by atoms with Crippen LogP contribution in [0.1, 0.15) is 19.3 Å². The standard InChI is InChI=1S/C9H19O13P3S/c10-23(11,12)21-25(15,16)22-24(13,14)18-5-7-6(4-9(26)20-7)19-8-2-1-3-17-8/h6-9,26H,1-5H2,(H,13,14)(H,15,16)(H2,10,11,12). The second-order valence-electron chi connectivity index (χ2n) is 5.37. The van der Waals surface area contributed by atoms with Crippen LogP contribution in [0.4, 0.5) is 0 Å². The molecule has 0 aliphatic carbocycles. The molecule has 154 valence electrons. The molecule has 0 radical (unpaired) electrons. The van der Waals surface area contributed by atoms with Crippen molar-refractivity contribution in [1.29, 1.82) is 0 Å². The van der Waals surface area contributed by atoms with Crippen LogP contribution in [-0.2, 0) is 41.1 Å². The quantitative estimate of drug-likeness (QED) is 0.241. The third-order valence-corrected chi connectivity index (χ3v) is 7.35. The van der Waals surface area contributed by atoms with Crippen LogP contribution in [0.25, 0.3) is 0 Å². The molecule has 0 aromatic carbocycles. The van der Waals surface area contributed by atoms with Crippen LogP contribution in [0.3, 0.4) is 0 Å². The van der Waals surface area contributed by atoms with Crippen molar-refractivity contribution in [3.63, 3.8) is 0 Å². The van der Waals surface area contributed by atoms with E-state index < -0.39 is 54.0 Å². The van der Waals surface area contributed by atoms with E-state index in [9.17, 15) is 18.6 Å². The summed E-state index contributed by atoms with van der Waals surface area (Å²) in [4.78, 5) is 35.5. The lowest BCUT2D eigenvalue weighted by Crippen LogP contribution is -2.32. The first-order chi connectivity index (χ1) is 11.9. The molecule has 2 saturated heterocycles. The fraction of sp³-hybridized carbons (Fsp3) is 1.00. The summed E-state index contributed by atoms with van der Waals surface area (Å²) in [6.45, 7) is -0.0348. The average molecular weight is 460 g/mol. The molecule has 4 N–H and O–H groups in total. The molecule has 2 aliphatic heterocycles. The van der Waals surface area contributed by atoms with Crippen LogP contribution in [0, 0.1) is 0 Å². The first-order valence-electron chi connectivity index (χ1n) is 7.24. The second kappa shape index (κ2) is 8.98. The molecule has 0 spiro atoms. The maximum atomic E-state index is 11.7. The predicted octanol–water partition coefficient (Wildman–Crippen LogP) is 0.896. The highest BCUT2D eigenvalue weighted by molar-refractivity contribution is 7.80. The minimum atomic E-state index is -5.56. The zero-order valence-electron chi connectivity index (χ0n) is 13.1. The lowest BCUT2D eigenvalue weighted by atomic mass is 10.2. The van der Waals surface area contributed by atoms with E-state index in [0.717, 1.165) is 6.42 Å². The van der Waals surface area contributed by atoms with Crippen LogP contribution in [0.5, 0.6) is 0 Å². The van der Waals surface area contributed by atoms with E-state index in [4.69, 9.17) is 28.9 Å². The van der Waals surface area contributed by atoms with Gasteiger partial charge in [0.25, 0.3) is 0 Å². The number of ether oxygens (including phenoxy) is 3. The zero-order valence-corrected chi connectivity index (χ0v) is 16.7. The van der Waals surface area contributed by atoms with Crippen molar-refractivity contribution in [3.8, 4) is 0 Å². The van der Waals surface area contributed by atoms with Crippen LogP contribution in [0.15, 0.2) is 0 Å². The van der Waals surface area contributed by atoms with Crippen LogP contribution < -0.4 is 0 Å². The van der Waals surface area contributed by atoms with Gasteiger partial charge >= 0.3 is 23.5 Å². The lowest BCUT2D eigenvalue weighted by Gasteiger charge is -2.23. The molecule has 2 heterocycles. The molecule has 0 saturated carbocycles. The summed E-state index contributed by atoms with van der Waals surface area (Å²) in [6.07, 6.45) is -0.0333. The van der Waals surface area contributed by atoms with Crippen LogP contribution >= 0.6 is 36.1 Å². The van der Waals surface area contributed by atoms with Gasteiger partial charge in [-0.3, -0.25) is 4.52 Å². The van der Waals surface area contributed by atoms with E-state index in [2.05, 4.69) is 25.8 Å². The maximum absolute atomic E-state index is 11.7. The maximum Gasteiger partial charge on any atom is 0.490 e. The molecule has 2 fully saturated rings. The van der Waals surface area contributed by atoms with Gasteiger partial charge in [-0.15, -0.1) is 12.6 Å². The van der Waals surface area contributed by atoms with E-state index in [1.165, 1.54) is 0 Å². The Morgan fingerprint density at radius 3 is 2.35 bits per heavy atom. The SMILES string of the molecule is O=P(O)(O)OP(=O)(O)OP(=O)(O)OCC1OC(S)CC1OC1CCCO1. The number of phosphoric ester groups is 1. The number of thiol groups is 1. The van der Waals surface area contributed by atoms with Crippen molar-refractivity contribution in [2.24, 2.45) is 0 Å². The normalized spacial score (nSPS) is 34.5. The summed E-state index contributed by atoms with van der Waals surface area (Å²) in [7, 11) is -16.2. The highest BCUT2D eigenvalue weighted by Crippen LogP contribution is 2.66. The molecule has 2 aliphatic rings. The van der Waals surface area contributed by atoms with E-state index in [0.29, 0.717) is 19.4 Å². The molecule has 13 nitrogen and oxygen atoms in total. The molecular formula is C9H19O13P3S. The fourth-order valence-corrected chi connectivity index (χ4v) is 5.70. The molecule has 0 bridgehead atoms. The minimum absolute atomic E-state index is 0.341. The topological polar surface area (TPSA) is 188 Å². The van der Waals surface area contributed by atoms with Gasteiger partial charge in [0.15, 0.2) is 6.29 Å². The summed E-state index contributed by atoms with van der Waals surface area (Å²) in [5, 5.41) is 0. The van der Waals surface area contributed by atoms with Crippen molar-refractivity contribution in [3.05, 3.63) is 0 Å². The van der Waals surface area contributed by atoms with E-state index in [-0.39, 0.29) is 0 Å². The summed E-state index contributed by atoms with van der Waals surface area (Å²) >= 11 is 4.14. The molecule has 26 heavy (non-hydrogen) atoms. The van der Waals surface area contributed by atoms with Gasteiger partial charge in [0, 0.05) is 19.4 Å². The second-order valence-corrected chi connectivity index (χ2v) is 10.4. The van der Waals surface area contributed by atoms with Gasteiger partial charge < -0.3 is 33.8 Å². The molecule has 0 amide bonds. The summed E-state index contributed by atoms with van der Waals surface area (Å²) in [5.41, 5.74) is -0.532. The largest absolute Gasteiger partial charge is 0.490 e. The zero-order chi connectivity index (χ0) is 19.6. The van der Waals surface area contributed by atoms with Crippen molar-refractivity contribution >= 4 is 36.1 Å². The smallest absolute Gasteiger partial charge is 0.359 e. The third kappa shape index (κ3) is 7.94. The summed E-state index contributed by atoms with van der Waals surface area (Å²) < 4.78 is 61.7. The van der Waals surface area contributed by atoms with E-state index in [1.807, 2.05) is 0 Å². The van der Waals surface area contributed by atoms with Crippen LogP contribution in [-0.4, -0.2) is 56.7 Å². The Hall–Kier alpha value is 0.640. The highest BCUT2D eigenvalue weighted by atomic mass is 32.1. The Morgan fingerprint density at radius 2 is 1.77 bits per heavy atom. The monoisotopic (exact) mass is 460 g/mol. The summed E-state index contributed by atoms with van der Waals surface area (Å²) in [6, 6.07) is 0. The molecular weight excluding hydrogens is 441 g/mol. The molecule has 0 aromatic heterocycles. The predicted molar refractivity (Wildman–Crippen MR) is 85.9 cm³/mol. The van der Waals surface area contributed by atoms with Crippen molar-refractivity contribution < 1.29 is 60.6 Å². The Balaban J connectivity index is 1.89. The average Bonchev–Trinajstić information content (AvgIpc) is 3.02. The van der Waals surface area contributed by atoms with Gasteiger partial charge in [0.1, 0.15) is 11.5 Å². The molecule has 0 aromatic rings. The molecule has 6 unspecified atom stereocenters. The van der Waals surface area contributed by atoms with Gasteiger partial charge in [-0.1, -0.05) is 0 Å². The molecule has 6 atom stereocenters. The summed E-state index contributed by atoms with van der Waals surface area (Å²) in [5.74, 6) is 0. The number of rotatable bonds is 9. The van der Waals surface area contributed by atoms with Gasteiger partial charge in [-0.25, -0.2) is 13.7 Å². The van der Waals surface area contributed by atoms with Crippen molar-refractivity contribution in [2.45, 2.75) is 43.2 Å². The van der Waals surface area contributed by atoms with E-state index >= 15 is 0 Å². The fourth-order valence-electron chi connectivity index (χ4n) is 2.31. The highest BCUT2D eigenvalue weighted by Gasteiger charge is 2.43. The first kappa shape index (κ1) is 22.9. The third-order valence-electron chi connectivity index (χ3n) is 3.21. The van der Waals surface area contributed by atoms with Crippen LogP contribution in [0.2, 0.25) is 0 Å². The van der Waals surface area contributed by atoms with E-state index in [1.54, 1.807) is 0 Å². The van der Waals surface area contributed by atoms with Crippen molar-refractivity contribution in [1.82, 2.24) is 0 Å². The van der Waals surface area contributed by atoms with Gasteiger partial charge in [0.2, 0.25) is 0 Å². The van der Waals surface area contributed by atoms with Gasteiger partial charge in [-0.2, -0.15) is 8.62 Å². The minimum Gasteiger partial charge on any atom is -0.359 e. The Labute approximate surface area is 153 Å². The first-order valence-corrected chi connectivity index (χ1v) is 12.3. The Bertz CT molecular complexity index is 618. The lowest BCUT2D eigenvalue weighted by molar-refractivity contribution is -0.160. The van der Waals surface area contributed by atoms with Gasteiger partial charge in [-0.05, 0) is 6.42 Å². The van der Waals surface area contributed by atoms with Gasteiger partial charge in [0.05, 0.1) is 12.7 Å². The Kier molecular flexibility index (Phi) is 7.92. The van der Waals surface area contributed by atoms with Crippen molar-refractivity contribution in [2.75, 3.05) is 13.2 Å². The molecule has 17 heteroatoms.